The van der Waals surface area contributed by atoms with Crippen LogP contribution in [0.1, 0.15) is 32.1 Å². The molecule has 6 nitrogen and oxygen atoms in total. The molecule has 1 aliphatic carbocycles. The molecule has 2 heterocycles. The summed E-state index contributed by atoms with van der Waals surface area (Å²) in [4.78, 5) is 14.2. The lowest BCUT2D eigenvalue weighted by atomic mass is 9.96. The van der Waals surface area contributed by atoms with Gasteiger partial charge in [0.1, 0.15) is 0 Å². The van der Waals surface area contributed by atoms with Crippen molar-refractivity contribution in [1.29, 1.82) is 0 Å². The van der Waals surface area contributed by atoms with Gasteiger partial charge in [-0.3, -0.25) is 0 Å². The van der Waals surface area contributed by atoms with Crippen molar-refractivity contribution in [1.82, 2.24) is 15.0 Å². The van der Waals surface area contributed by atoms with Gasteiger partial charge in [0.2, 0.25) is 11.8 Å². The molecule has 0 saturated heterocycles. The standard InChI is InChI=1S/C27H25ClFN5OS/c28-21-10-4-5-11-25(21)36-34-19-12-13-24(22(29)17-19)35-26-20(9-6-15-30-26)23-14-16-31-27(33-23)32-18-7-2-1-3-8-18/h4-6,9-18,34H,1-3,7-8H2,(H,31,32,33). The Bertz CT molecular complexity index is 1340. The lowest BCUT2D eigenvalue weighted by Crippen LogP contribution is -2.23. The molecular weight excluding hydrogens is 497 g/mol. The van der Waals surface area contributed by atoms with Gasteiger partial charge < -0.3 is 14.8 Å². The molecule has 36 heavy (non-hydrogen) atoms. The minimum Gasteiger partial charge on any atom is -0.435 e. The molecule has 1 aliphatic rings. The fourth-order valence-electron chi connectivity index (χ4n) is 4.07. The summed E-state index contributed by atoms with van der Waals surface area (Å²) in [5, 5.41) is 4.07. The maximum atomic E-state index is 14.9. The van der Waals surface area contributed by atoms with Crippen LogP contribution in [-0.2, 0) is 0 Å². The predicted octanol–water partition coefficient (Wildman–Crippen LogP) is 7.99. The topological polar surface area (TPSA) is 72.0 Å². The maximum Gasteiger partial charge on any atom is 0.228 e. The van der Waals surface area contributed by atoms with Crippen LogP contribution in [0.3, 0.4) is 0 Å². The van der Waals surface area contributed by atoms with E-state index >= 15 is 0 Å². The quantitative estimate of drug-likeness (QED) is 0.228. The summed E-state index contributed by atoms with van der Waals surface area (Å²) in [5.41, 5.74) is 1.89. The van der Waals surface area contributed by atoms with Crippen molar-refractivity contribution in [3.8, 4) is 22.9 Å². The summed E-state index contributed by atoms with van der Waals surface area (Å²) >= 11 is 7.50. The molecule has 9 heteroatoms. The largest absolute Gasteiger partial charge is 0.435 e. The number of aromatic nitrogens is 3. The first kappa shape index (κ1) is 24.3. The first-order valence-corrected chi connectivity index (χ1v) is 13.0. The van der Waals surface area contributed by atoms with E-state index in [1.807, 2.05) is 24.3 Å². The third-order valence-corrected chi connectivity index (χ3v) is 7.25. The summed E-state index contributed by atoms with van der Waals surface area (Å²) in [5.74, 6) is 0.397. The van der Waals surface area contributed by atoms with Crippen molar-refractivity contribution < 1.29 is 9.13 Å². The smallest absolute Gasteiger partial charge is 0.228 e. The van der Waals surface area contributed by atoms with Crippen LogP contribution < -0.4 is 14.8 Å². The van der Waals surface area contributed by atoms with E-state index in [-0.39, 0.29) is 11.6 Å². The van der Waals surface area contributed by atoms with Gasteiger partial charge in [0, 0.05) is 35.1 Å². The Morgan fingerprint density at radius 1 is 0.944 bits per heavy atom. The number of hydrogen-bond donors (Lipinski definition) is 2. The van der Waals surface area contributed by atoms with Gasteiger partial charge in [-0.1, -0.05) is 43.0 Å². The molecule has 184 valence electrons. The van der Waals surface area contributed by atoms with Crippen LogP contribution in [0, 0.1) is 5.82 Å². The van der Waals surface area contributed by atoms with Gasteiger partial charge in [0.15, 0.2) is 11.6 Å². The number of benzene rings is 2. The zero-order chi connectivity index (χ0) is 24.7. The summed E-state index contributed by atoms with van der Waals surface area (Å²) < 4.78 is 23.9. The molecule has 0 unspecified atom stereocenters. The first-order valence-electron chi connectivity index (χ1n) is 11.9. The molecular formula is C27H25ClFN5OS. The number of nitrogens with zero attached hydrogens (tertiary/aromatic N) is 3. The molecule has 0 aliphatic heterocycles. The van der Waals surface area contributed by atoms with Crippen LogP contribution in [0.15, 0.2) is 78.0 Å². The van der Waals surface area contributed by atoms with E-state index < -0.39 is 5.82 Å². The van der Waals surface area contributed by atoms with Crippen LogP contribution in [0.5, 0.6) is 11.6 Å². The van der Waals surface area contributed by atoms with Crippen molar-refractivity contribution in [3.63, 3.8) is 0 Å². The maximum absolute atomic E-state index is 14.9. The molecule has 5 rings (SSSR count). The van der Waals surface area contributed by atoms with E-state index in [2.05, 4.69) is 25.0 Å². The average Bonchev–Trinajstić information content (AvgIpc) is 2.91. The zero-order valence-electron chi connectivity index (χ0n) is 19.5. The highest BCUT2D eigenvalue weighted by Gasteiger charge is 2.17. The van der Waals surface area contributed by atoms with Crippen LogP contribution in [0.2, 0.25) is 5.02 Å². The molecule has 1 saturated carbocycles. The molecule has 2 aromatic carbocycles. The summed E-state index contributed by atoms with van der Waals surface area (Å²) in [6, 6.07) is 18.0. The van der Waals surface area contributed by atoms with E-state index in [1.165, 1.54) is 37.3 Å². The predicted molar refractivity (Wildman–Crippen MR) is 143 cm³/mol. The van der Waals surface area contributed by atoms with Gasteiger partial charge in [-0.25, -0.2) is 19.3 Å². The van der Waals surface area contributed by atoms with Crippen molar-refractivity contribution in [2.45, 2.75) is 43.0 Å². The molecule has 0 bridgehead atoms. The molecule has 4 aromatic rings. The van der Waals surface area contributed by atoms with E-state index in [4.69, 9.17) is 16.3 Å². The second kappa shape index (κ2) is 11.6. The molecule has 0 radical (unpaired) electrons. The minimum absolute atomic E-state index is 0.0675. The molecule has 0 amide bonds. The monoisotopic (exact) mass is 521 g/mol. The van der Waals surface area contributed by atoms with Gasteiger partial charge >= 0.3 is 0 Å². The van der Waals surface area contributed by atoms with Crippen molar-refractivity contribution >= 4 is 35.2 Å². The first-order chi connectivity index (χ1) is 17.7. The van der Waals surface area contributed by atoms with Crippen LogP contribution >= 0.6 is 23.5 Å². The lowest BCUT2D eigenvalue weighted by Gasteiger charge is -2.22. The third kappa shape index (κ3) is 6.06. The molecule has 0 atom stereocenters. The molecule has 1 fully saturated rings. The van der Waals surface area contributed by atoms with Gasteiger partial charge in [-0.05, 0) is 67.3 Å². The van der Waals surface area contributed by atoms with Gasteiger partial charge in [-0.15, -0.1) is 0 Å². The Balaban J connectivity index is 1.31. The van der Waals surface area contributed by atoms with Crippen LogP contribution in [0.4, 0.5) is 16.0 Å². The number of nitrogens with one attached hydrogen (secondary N) is 2. The van der Waals surface area contributed by atoms with E-state index in [0.717, 1.165) is 17.7 Å². The van der Waals surface area contributed by atoms with Crippen molar-refractivity contribution in [2.24, 2.45) is 0 Å². The van der Waals surface area contributed by atoms with Crippen LogP contribution in [0.25, 0.3) is 11.3 Å². The molecule has 0 spiro atoms. The second-order valence-corrected chi connectivity index (χ2v) is 9.74. The summed E-state index contributed by atoms with van der Waals surface area (Å²) in [6.45, 7) is 0. The van der Waals surface area contributed by atoms with E-state index in [1.54, 1.807) is 42.7 Å². The van der Waals surface area contributed by atoms with Gasteiger partial charge in [-0.2, -0.15) is 0 Å². The Labute approximate surface area is 218 Å². The van der Waals surface area contributed by atoms with E-state index in [0.29, 0.717) is 34.0 Å². The Kier molecular flexibility index (Phi) is 7.83. The number of halogens is 2. The Morgan fingerprint density at radius 3 is 2.64 bits per heavy atom. The number of pyridine rings is 1. The molecule has 2 aromatic heterocycles. The third-order valence-electron chi connectivity index (χ3n) is 5.90. The zero-order valence-corrected chi connectivity index (χ0v) is 21.0. The average molecular weight is 522 g/mol. The second-order valence-electron chi connectivity index (χ2n) is 8.48. The number of rotatable bonds is 8. The summed E-state index contributed by atoms with van der Waals surface area (Å²) in [7, 11) is 0. The highest BCUT2D eigenvalue weighted by Crippen LogP contribution is 2.34. The van der Waals surface area contributed by atoms with Crippen LogP contribution in [-0.4, -0.2) is 21.0 Å². The van der Waals surface area contributed by atoms with E-state index in [9.17, 15) is 4.39 Å². The minimum atomic E-state index is -0.515. The lowest BCUT2D eigenvalue weighted by molar-refractivity contribution is 0.429. The number of hydrogen-bond acceptors (Lipinski definition) is 7. The Morgan fingerprint density at radius 2 is 1.81 bits per heavy atom. The highest BCUT2D eigenvalue weighted by atomic mass is 35.5. The number of anilines is 2. The highest BCUT2D eigenvalue weighted by molar-refractivity contribution is 8.00. The fraction of sp³-hybridized carbons (Fsp3) is 0.222. The van der Waals surface area contributed by atoms with Gasteiger partial charge in [0.05, 0.1) is 16.3 Å². The Hall–Kier alpha value is -3.36. The SMILES string of the molecule is Fc1cc(NSc2ccccc2Cl)ccc1Oc1ncccc1-c1ccnc(NC2CCCCC2)n1. The fourth-order valence-corrected chi connectivity index (χ4v) is 4.99. The molecule has 2 N–H and O–H groups in total. The number of ether oxygens (including phenoxy) is 1. The van der Waals surface area contributed by atoms with Gasteiger partial charge in [0.25, 0.3) is 0 Å². The van der Waals surface area contributed by atoms with Crippen molar-refractivity contribution in [2.75, 3.05) is 10.0 Å². The van der Waals surface area contributed by atoms with Crippen molar-refractivity contribution in [3.05, 3.63) is 83.9 Å². The normalized spacial score (nSPS) is 13.8. The summed E-state index contributed by atoms with van der Waals surface area (Å²) in [6.07, 6.45) is 9.28.